The van der Waals surface area contributed by atoms with Crippen LogP contribution in [0.5, 0.6) is 11.5 Å². The highest BCUT2D eigenvalue weighted by Gasteiger charge is 2.20. The first kappa shape index (κ1) is 13.4. The van der Waals surface area contributed by atoms with E-state index in [1.165, 1.54) is 4.90 Å². The van der Waals surface area contributed by atoms with Crippen molar-refractivity contribution in [3.63, 3.8) is 0 Å². The standard InChI is InChI=1S/C13H19NO3/c1-5-12(13(15)14(2)3)17-11-8-6-7-10(9-11)16-4/h6-9,12H,5H2,1-4H3. The summed E-state index contributed by atoms with van der Waals surface area (Å²) in [7, 11) is 5.04. The number of methoxy groups -OCH3 is 1. The summed E-state index contributed by atoms with van der Waals surface area (Å²) in [6.45, 7) is 1.92. The average molecular weight is 237 g/mol. The Balaban J connectivity index is 2.76. The molecule has 0 N–H and O–H groups in total. The van der Waals surface area contributed by atoms with Crippen molar-refractivity contribution in [2.45, 2.75) is 19.4 Å². The van der Waals surface area contributed by atoms with Crippen LogP contribution in [-0.4, -0.2) is 38.1 Å². The summed E-state index contributed by atoms with van der Waals surface area (Å²) in [5.41, 5.74) is 0. The molecule has 94 valence electrons. The lowest BCUT2D eigenvalue weighted by atomic mass is 10.2. The van der Waals surface area contributed by atoms with Crippen molar-refractivity contribution < 1.29 is 14.3 Å². The monoisotopic (exact) mass is 237 g/mol. The van der Waals surface area contributed by atoms with Crippen LogP contribution in [0.1, 0.15) is 13.3 Å². The van der Waals surface area contributed by atoms with Gasteiger partial charge < -0.3 is 14.4 Å². The quantitative estimate of drug-likeness (QED) is 0.785. The SMILES string of the molecule is CCC(Oc1cccc(OC)c1)C(=O)N(C)C. The third kappa shape index (κ3) is 3.66. The molecule has 0 aliphatic heterocycles. The molecule has 0 spiro atoms. The Morgan fingerprint density at radius 1 is 1.35 bits per heavy atom. The number of benzene rings is 1. The molecule has 0 fully saturated rings. The number of carbonyl (C=O) groups excluding carboxylic acids is 1. The number of nitrogens with zero attached hydrogens (tertiary/aromatic N) is 1. The zero-order chi connectivity index (χ0) is 12.8. The van der Waals surface area contributed by atoms with Gasteiger partial charge in [0, 0.05) is 20.2 Å². The highest BCUT2D eigenvalue weighted by atomic mass is 16.5. The first-order valence-electron chi connectivity index (χ1n) is 5.60. The number of ether oxygens (including phenoxy) is 2. The van der Waals surface area contributed by atoms with Crippen molar-refractivity contribution in [2.75, 3.05) is 21.2 Å². The maximum absolute atomic E-state index is 11.8. The van der Waals surface area contributed by atoms with Crippen molar-refractivity contribution in [1.82, 2.24) is 4.90 Å². The van der Waals surface area contributed by atoms with Gasteiger partial charge in [-0.3, -0.25) is 4.79 Å². The molecule has 1 rings (SSSR count). The fourth-order valence-corrected chi connectivity index (χ4v) is 1.44. The first-order chi connectivity index (χ1) is 8.08. The van der Waals surface area contributed by atoms with E-state index in [4.69, 9.17) is 9.47 Å². The molecule has 0 bridgehead atoms. The predicted octanol–water partition coefficient (Wildman–Crippen LogP) is 1.94. The Morgan fingerprint density at radius 3 is 2.53 bits per heavy atom. The molecular weight excluding hydrogens is 218 g/mol. The number of rotatable bonds is 5. The van der Waals surface area contributed by atoms with Gasteiger partial charge in [-0.1, -0.05) is 13.0 Å². The van der Waals surface area contributed by atoms with Crippen molar-refractivity contribution >= 4 is 5.91 Å². The van der Waals surface area contributed by atoms with Crippen molar-refractivity contribution in [3.8, 4) is 11.5 Å². The molecule has 4 nitrogen and oxygen atoms in total. The lowest BCUT2D eigenvalue weighted by Crippen LogP contribution is -2.37. The Hall–Kier alpha value is -1.71. The van der Waals surface area contributed by atoms with E-state index in [2.05, 4.69) is 0 Å². The molecule has 4 heteroatoms. The van der Waals surface area contributed by atoms with Gasteiger partial charge in [0.2, 0.25) is 0 Å². The van der Waals surface area contributed by atoms with Crippen LogP contribution in [0.15, 0.2) is 24.3 Å². The summed E-state index contributed by atoms with van der Waals surface area (Å²) in [6.07, 6.45) is 0.186. The van der Waals surface area contributed by atoms with Crippen LogP contribution >= 0.6 is 0 Å². The minimum Gasteiger partial charge on any atom is -0.497 e. The van der Waals surface area contributed by atoms with E-state index in [1.807, 2.05) is 25.1 Å². The smallest absolute Gasteiger partial charge is 0.263 e. The second kappa shape index (κ2) is 6.13. The molecule has 1 atom stereocenters. The maximum atomic E-state index is 11.8. The van der Waals surface area contributed by atoms with E-state index in [0.717, 1.165) is 5.75 Å². The Bertz CT molecular complexity index is 377. The van der Waals surface area contributed by atoms with E-state index in [0.29, 0.717) is 12.2 Å². The van der Waals surface area contributed by atoms with Crippen molar-refractivity contribution in [2.24, 2.45) is 0 Å². The van der Waals surface area contributed by atoms with Crippen LogP contribution in [-0.2, 0) is 4.79 Å². The van der Waals surface area contributed by atoms with Gasteiger partial charge in [0.05, 0.1) is 7.11 Å². The molecule has 0 aromatic heterocycles. The van der Waals surface area contributed by atoms with E-state index in [9.17, 15) is 4.79 Å². The fourth-order valence-electron chi connectivity index (χ4n) is 1.44. The average Bonchev–Trinajstić information content (AvgIpc) is 2.35. The normalized spacial score (nSPS) is 11.8. The summed E-state index contributed by atoms with van der Waals surface area (Å²) < 4.78 is 10.8. The van der Waals surface area contributed by atoms with Crippen LogP contribution in [0.25, 0.3) is 0 Å². The molecule has 1 unspecified atom stereocenters. The topological polar surface area (TPSA) is 38.8 Å². The molecule has 1 aromatic rings. The number of amides is 1. The van der Waals surface area contributed by atoms with Crippen LogP contribution in [0.4, 0.5) is 0 Å². The summed E-state index contributed by atoms with van der Waals surface area (Å²) in [6, 6.07) is 7.25. The molecule has 0 heterocycles. The highest BCUT2D eigenvalue weighted by molar-refractivity contribution is 5.80. The van der Waals surface area contributed by atoms with E-state index < -0.39 is 6.10 Å². The van der Waals surface area contributed by atoms with Crippen molar-refractivity contribution in [3.05, 3.63) is 24.3 Å². The zero-order valence-corrected chi connectivity index (χ0v) is 10.8. The minimum atomic E-state index is -0.447. The van der Waals surface area contributed by atoms with Gasteiger partial charge in [0.25, 0.3) is 5.91 Å². The predicted molar refractivity (Wildman–Crippen MR) is 66.4 cm³/mol. The third-order valence-corrected chi connectivity index (χ3v) is 2.41. The molecular formula is C13H19NO3. The Kier molecular flexibility index (Phi) is 4.82. The molecule has 1 amide bonds. The van der Waals surface area contributed by atoms with Gasteiger partial charge in [0.1, 0.15) is 11.5 Å². The van der Waals surface area contributed by atoms with Crippen LogP contribution in [0, 0.1) is 0 Å². The van der Waals surface area contributed by atoms with Gasteiger partial charge in [-0.25, -0.2) is 0 Å². The summed E-state index contributed by atoms with van der Waals surface area (Å²) in [5, 5.41) is 0. The number of likely N-dealkylation sites (N-methyl/N-ethyl adjacent to an activating group) is 1. The molecule has 0 saturated carbocycles. The second-order valence-corrected chi connectivity index (χ2v) is 3.93. The van der Waals surface area contributed by atoms with Crippen molar-refractivity contribution in [1.29, 1.82) is 0 Å². The lowest BCUT2D eigenvalue weighted by molar-refractivity contribution is -0.136. The molecule has 0 saturated heterocycles. The fraction of sp³-hybridized carbons (Fsp3) is 0.462. The van der Waals surface area contributed by atoms with Gasteiger partial charge in [0.15, 0.2) is 6.10 Å². The highest BCUT2D eigenvalue weighted by Crippen LogP contribution is 2.20. The molecule has 0 aliphatic rings. The molecule has 0 aliphatic carbocycles. The van der Waals surface area contributed by atoms with E-state index in [1.54, 1.807) is 27.3 Å². The Morgan fingerprint density at radius 2 is 2.00 bits per heavy atom. The summed E-state index contributed by atoms with van der Waals surface area (Å²) in [4.78, 5) is 13.3. The van der Waals surface area contributed by atoms with Gasteiger partial charge in [-0.15, -0.1) is 0 Å². The number of hydrogen-bond donors (Lipinski definition) is 0. The minimum absolute atomic E-state index is 0.0321. The van der Waals surface area contributed by atoms with Gasteiger partial charge in [-0.05, 0) is 18.6 Å². The lowest BCUT2D eigenvalue weighted by Gasteiger charge is -2.20. The third-order valence-electron chi connectivity index (χ3n) is 2.41. The maximum Gasteiger partial charge on any atom is 0.263 e. The molecule has 1 aromatic carbocycles. The zero-order valence-electron chi connectivity index (χ0n) is 10.8. The van der Waals surface area contributed by atoms with E-state index in [-0.39, 0.29) is 5.91 Å². The first-order valence-corrected chi connectivity index (χ1v) is 5.60. The molecule has 17 heavy (non-hydrogen) atoms. The largest absolute Gasteiger partial charge is 0.497 e. The van der Waals surface area contributed by atoms with Crippen LogP contribution < -0.4 is 9.47 Å². The van der Waals surface area contributed by atoms with Gasteiger partial charge in [-0.2, -0.15) is 0 Å². The van der Waals surface area contributed by atoms with Gasteiger partial charge >= 0.3 is 0 Å². The summed E-state index contributed by atoms with van der Waals surface area (Å²) in [5.74, 6) is 1.33. The van der Waals surface area contributed by atoms with Crippen LogP contribution in [0.2, 0.25) is 0 Å². The second-order valence-electron chi connectivity index (χ2n) is 3.93. The van der Waals surface area contributed by atoms with Crippen LogP contribution in [0.3, 0.4) is 0 Å². The molecule has 0 radical (unpaired) electrons. The number of carbonyl (C=O) groups is 1. The Labute approximate surface area is 102 Å². The summed E-state index contributed by atoms with van der Waals surface area (Å²) >= 11 is 0. The van der Waals surface area contributed by atoms with E-state index >= 15 is 0 Å². The number of hydrogen-bond acceptors (Lipinski definition) is 3.